The summed E-state index contributed by atoms with van der Waals surface area (Å²) < 4.78 is 1.66. The number of fused-ring (bicyclic) bond motifs is 1. The van der Waals surface area contributed by atoms with Crippen LogP contribution in [0.3, 0.4) is 0 Å². The predicted molar refractivity (Wildman–Crippen MR) is 112 cm³/mol. The molecule has 1 N–H and O–H groups in total. The molecule has 0 radical (unpaired) electrons. The van der Waals surface area contributed by atoms with Crippen LogP contribution in [0.25, 0.3) is 0 Å². The van der Waals surface area contributed by atoms with Gasteiger partial charge in [-0.25, -0.2) is 0 Å². The molecule has 2 aromatic carbocycles. The molecule has 148 valence electrons. The summed E-state index contributed by atoms with van der Waals surface area (Å²) >= 11 is 0. The highest BCUT2D eigenvalue weighted by atomic mass is 16.2. The second kappa shape index (κ2) is 7.91. The maximum absolute atomic E-state index is 13.1. The van der Waals surface area contributed by atoms with Crippen LogP contribution in [0, 0.1) is 13.8 Å². The van der Waals surface area contributed by atoms with E-state index < -0.39 is 0 Å². The van der Waals surface area contributed by atoms with Gasteiger partial charge >= 0.3 is 0 Å². The van der Waals surface area contributed by atoms with Gasteiger partial charge in [-0.05, 0) is 49.1 Å². The van der Waals surface area contributed by atoms with Crippen molar-refractivity contribution in [2.24, 2.45) is 0 Å². The topological polar surface area (TPSA) is 67.2 Å². The lowest BCUT2D eigenvalue weighted by Gasteiger charge is -2.20. The SMILES string of the molecule is Cc1cc(C)cc(NC(=O)c2cc3n(n2)CCCN(Cc2ccccc2)C3=O)c1. The van der Waals surface area contributed by atoms with Gasteiger partial charge < -0.3 is 10.2 Å². The number of nitrogens with one attached hydrogen (secondary N) is 1. The Kier molecular flexibility index (Phi) is 5.16. The van der Waals surface area contributed by atoms with Gasteiger partial charge in [-0.15, -0.1) is 0 Å². The Morgan fingerprint density at radius 1 is 1.03 bits per heavy atom. The molecule has 0 bridgehead atoms. The molecule has 0 aliphatic carbocycles. The quantitative estimate of drug-likeness (QED) is 0.739. The van der Waals surface area contributed by atoms with Crippen molar-refractivity contribution in [1.29, 1.82) is 0 Å². The van der Waals surface area contributed by atoms with Crippen LogP contribution in [0.1, 0.15) is 44.1 Å². The summed E-state index contributed by atoms with van der Waals surface area (Å²) in [5.41, 5.74) is 4.69. The number of hydrogen-bond donors (Lipinski definition) is 1. The number of rotatable bonds is 4. The summed E-state index contributed by atoms with van der Waals surface area (Å²) in [6.45, 7) is 5.81. The largest absolute Gasteiger partial charge is 0.333 e. The molecule has 4 rings (SSSR count). The van der Waals surface area contributed by atoms with Crippen LogP contribution in [0.4, 0.5) is 5.69 Å². The molecule has 6 heteroatoms. The molecule has 0 spiro atoms. The minimum atomic E-state index is -0.307. The van der Waals surface area contributed by atoms with Gasteiger partial charge in [-0.1, -0.05) is 36.4 Å². The number of carbonyl (C=O) groups is 2. The number of aryl methyl sites for hydroxylation is 3. The summed E-state index contributed by atoms with van der Waals surface area (Å²) in [5.74, 6) is -0.401. The molecular weight excluding hydrogens is 364 g/mol. The zero-order chi connectivity index (χ0) is 20.4. The van der Waals surface area contributed by atoms with E-state index in [1.54, 1.807) is 10.7 Å². The predicted octanol–water partition coefficient (Wildman–Crippen LogP) is 3.80. The number of carbonyl (C=O) groups excluding carboxylic acids is 2. The Balaban J connectivity index is 1.54. The van der Waals surface area contributed by atoms with Gasteiger partial charge in [0.05, 0.1) is 0 Å². The van der Waals surface area contributed by atoms with Crippen LogP contribution >= 0.6 is 0 Å². The van der Waals surface area contributed by atoms with Gasteiger partial charge in [-0.2, -0.15) is 5.10 Å². The second-order valence-electron chi connectivity index (χ2n) is 7.53. The van der Waals surface area contributed by atoms with Crippen molar-refractivity contribution in [3.63, 3.8) is 0 Å². The van der Waals surface area contributed by atoms with Crippen molar-refractivity contribution in [2.75, 3.05) is 11.9 Å². The van der Waals surface area contributed by atoms with Crippen LogP contribution in [-0.2, 0) is 13.1 Å². The number of amides is 2. The Hall–Kier alpha value is -3.41. The highest BCUT2D eigenvalue weighted by molar-refractivity contribution is 6.04. The van der Waals surface area contributed by atoms with Crippen LogP contribution in [0.2, 0.25) is 0 Å². The molecule has 2 amide bonds. The van der Waals surface area contributed by atoms with Crippen molar-refractivity contribution in [2.45, 2.75) is 33.4 Å². The van der Waals surface area contributed by atoms with Crippen molar-refractivity contribution >= 4 is 17.5 Å². The lowest BCUT2D eigenvalue weighted by atomic mass is 10.1. The van der Waals surface area contributed by atoms with Crippen LogP contribution in [-0.4, -0.2) is 33.0 Å². The van der Waals surface area contributed by atoms with Gasteiger partial charge in [0.1, 0.15) is 5.69 Å². The number of nitrogens with zero attached hydrogens (tertiary/aromatic N) is 3. The summed E-state index contributed by atoms with van der Waals surface area (Å²) in [5, 5.41) is 7.29. The molecule has 3 aromatic rings. The van der Waals surface area contributed by atoms with E-state index in [-0.39, 0.29) is 17.5 Å². The molecule has 0 saturated carbocycles. The summed E-state index contributed by atoms with van der Waals surface area (Å²) in [4.78, 5) is 27.6. The molecule has 0 unspecified atom stereocenters. The van der Waals surface area contributed by atoms with Gasteiger partial charge in [0.2, 0.25) is 0 Å². The van der Waals surface area contributed by atoms with Gasteiger partial charge in [0.25, 0.3) is 11.8 Å². The molecule has 29 heavy (non-hydrogen) atoms. The average Bonchev–Trinajstić information content (AvgIpc) is 3.05. The normalized spacial score (nSPS) is 13.7. The van der Waals surface area contributed by atoms with E-state index in [4.69, 9.17) is 0 Å². The first kappa shape index (κ1) is 18.9. The number of hydrogen-bond acceptors (Lipinski definition) is 3. The van der Waals surface area contributed by atoms with Crippen molar-refractivity contribution in [3.8, 4) is 0 Å². The number of benzene rings is 2. The number of anilines is 1. The minimum Gasteiger partial charge on any atom is -0.333 e. The molecule has 6 nitrogen and oxygen atoms in total. The molecule has 0 saturated heterocycles. The molecule has 1 aliphatic rings. The van der Waals surface area contributed by atoms with E-state index in [1.807, 2.05) is 61.2 Å². The van der Waals surface area contributed by atoms with E-state index in [1.165, 1.54) is 0 Å². The fraction of sp³-hybridized carbons (Fsp3) is 0.261. The maximum atomic E-state index is 13.1. The summed E-state index contributed by atoms with van der Waals surface area (Å²) in [6.07, 6.45) is 0.797. The molecule has 2 heterocycles. The number of aromatic nitrogens is 2. The lowest BCUT2D eigenvalue weighted by molar-refractivity contribution is 0.0745. The average molecular weight is 388 g/mol. The van der Waals surface area contributed by atoms with Crippen molar-refractivity contribution < 1.29 is 9.59 Å². The third kappa shape index (κ3) is 4.21. The highest BCUT2D eigenvalue weighted by Crippen LogP contribution is 2.19. The standard InChI is InChI=1S/C23H24N4O2/c1-16-11-17(2)13-19(12-16)24-22(28)20-14-21-23(29)26(9-6-10-27(21)25-20)15-18-7-4-3-5-8-18/h3-5,7-8,11-14H,6,9-10,15H2,1-2H3,(H,24,28). The maximum Gasteiger partial charge on any atom is 0.276 e. The van der Waals surface area contributed by atoms with E-state index in [0.717, 1.165) is 28.8 Å². The van der Waals surface area contributed by atoms with E-state index in [0.29, 0.717) is 25.3 Å². The van der Waals surface area contributed by atoms with Crippen molar-refractivity contribution in [3.05, 3.63) is 82.7 Å². The van der Waals surface area contributed by atoms with Gasteiger partial charge in [0.15, 0.2) is 5.69 Å². The Morgan fingerprint density at radius 2 is 1.76 bits per heavy atom. The van der Waals surface area contributed by atoms with Crippen LogP contribution in [0.5, 0.6) is 0 Å². The third-order valence-electron chi connectivity index (χ3n) is 5.01. The highest BCUT2D eigenvalue weighted by Gasteiger charge is 2.26. The molecule has 0 atom stereocenters. The van der Waals surface area contributed by atoms with Crippen LogP contribution < -0.4 is 5.32 Å². The smallest absolute Gasteiger partial charge is 0.276 e. The molecule has 0 fully saturated rings. The van der Waals surface area contributed by atoms with Crippen LogP contribution in [0.15, 0.2) is 54.6 Å². The molecular formula is C23H24N4O2. The Morgan fingerprint density at radius 3 is 2.48 bits per heavy atom. The van der Waals surface area contributed by atoms with E-state index in [2.05, 4.69) is 16.5 Å². The second-order valence-corrected chi connectivity index (χ2v) is 7.53. The van der Waals surface area contributed by atoms with E-state index in [9.17, 15) is 9.59 Å². The fourth-order valence-electron chi connectivity index (χ4n) is 3.74. The third-order valence-corrected chi connectivity index (χ3v) is 5.01. The first-order chi connectivity index (χ1) is 14.0. The first-order valence-electron chi connectivity index (χ1n) is 9.80. The molecule has 1 aromatic heterocycles. The van der Waals surface area contributed by atoms with E-state index >= 15 is 0 Å². The Labute approximate surface area is 170 Å². The zero-order valence-corrected chi connectivity index (χ0v) is 16.7. The zero-order valence-electron chi connectivity index (χ0n) is 16.7. The minimum absolute atomic E-state index is 0.0932. The first-order valence-corrected chi connectivity index (χ1v) is 9.80. The van der Waals surface area contributed by atoms with Gasteiger partial charge in [0, 0.05) is 31.4 Å². The molecule has 1 aliphatic heterocycles. The fourth-order valence-corrected chi connectivity index (χ4v) is 3.74. The Bertz CT molecular complexity index is 1040. The van der Waals surface area contributed by atoms with Crippen molar-refractivity contribution in [1.82, 2.24) is 14.7 Å². The van der Waals surface area contributed by atoms with Gasteiger partial charge in [-0.3, -0.25) is 14.3 Å². The monoisotopic (exact) mass is 388 g/mol. The summed E-state index contributed by atoms with van der Waals surface area (Å²) in [7, 11) is 0. The summed E-state index contributed by atoms with van der Waals surface area (Å²) in [6, 6.07) is 17.4. The lowest BCUT2D eigenvalue weighted by Crippen LogP contribution is -2.30.